The van der Waals surface area contributed by atoms with Crippen molar-refractivity contribution in [3.63, 3.8) is 0 Å². The number of oxime groups is 1. The summed E-state index contributed by atoms with van der Waals surface area (Å²) >= 11 is 0. The number of carbonyl (C=O) groups excluding carboxylic acids is 1. The first kappa shape index (κ1) is 20.4. The zero-order valence-corrected chi connectivity index (χ0v) is 17.1. The van der Waals surface area contributed by atoms with Crippen LogP contribution in [0.15, 0.2) is 41.8 Å². The normalized spacial score (nSPS) is 17.9. The summed E-state index contributed by atoms with van der Waals surface area (Å²) < 4.78 is 13.1. The quantitative estimate of drug-likeness (QED) is 0.364. The van der Waals surface area contributed by atoms with Crippen molar-refractivity contribution in [2.24, 2.45) is 11.1 Å². The Labute approximate surface area is 178 Å². The van der Waals surface area contributed by atoms with Crippen molar-refractivity contribution in [1.29, 1.82) is 5.26 Å². The van der Waals surface area contributed by atoms with Gasteiger partial charge in [0.15, 0.2) is 0 Å². The summed E-state index contributed by atoms with van der Waals surface area (Å²) in [6.45, 7) is 3.78. The third kappa shape index (κ3) is 3.94. The Hall–Kier alpha value is -3.86. The number of halogens is 1. The number of benzene rings is 1. The Morgan fingerprint density at radius 2 is 2.03 bits per heavy atom. The van der Waals surface area contributed by atoms with Crippen LogP contribution in [-0.2, 0) is 4.79 Å². The van der Waals surface area contributed by atoms with Gasteiger partial charge in [-0.25, -0.2) is 9.37 Å². The van der Waals surface area contributed by atoms with Gasteiger partial charge in [0.1, 0.15) is 17.7 Å². The number of nitrogens with one attached hydrogen (secondary N) is 1. The highest BCUT2D eigenvalue weighted by molar-refractivity contribution is 5.99. The van der Waals surface area contributed by atoms with Crippen LogP contribution in [0.1, 0.15) is 36.6 Å². The van der Waals surface area contributed by atoms with Crippen molar-refractivity contribution in [1.82, 2.24) is 9.97 Å². The number of hydrogen-bond acceptors (Lipinski definition) is 6. The summed E-state index contributed by atoms with van der Waals surface area (Å²) in [7, 11) is 0. The number of rotatable bonds is 5. The van der Waals surface area contributed by atoms with Crippen molar-refractivity contribution < 1.29 is 14.4 Å². The van der Waals surface area contributed by atoms with Crippen LogP contribution >= 0.6 is 0 Å². The average molecular weight is 417 g/mol. The maximum Gasteiger partial charge on any atom is 0.231 e. The minimum atomic E-state index is -1.08. The Morgan fingerprint density at radius 1 is 1.26 bits per heavy atom. The number of alkyl halides is 1. The molecule has 0 aliphatic heterocycles. The zero-order valence-electron chi connectivity index (χ0n) is 17.1. The molecule has 7 nitrogen and oxygen atoms in total. The molecule has 0 saturated heterocycles. The van der Waals surface area contributed by atoms with E-state index in [1.165, 1.54) is 0 Å². The average Bonchev–Trinajstić information content (AvgIpc) is 3.50. The highest BCUT2D eigenvalue weighted by Gasteiger charge is 2.43. The number of aromatic nitrogens is 2. The lowest BCUT2D eigenvalue weighted by Gasteiger charge is -2.12. The van der Waals surface area contributed by atoms with Crippen LogP contribution in [0.5, 0.6) is 0 Å². The van der Waals surface area contributed by atoms with E-state index in [9.17, 15) is 14.4 Å². The van der Waals surface area contributed by atoms with E-state index in [-0.39, 0.29) is 12.3 Å². The van der Waals surface area contributed by atoms with E-state index in [1.54, 1.807) is 24.5 Å². The van der Waals surface area contributed by atoms with Crippen LogP contribution in [0, 0.1) is 24.2 Å². The lowest BCUT2D eigenvalue weighted by atomic mass is 9.94. The maximum absolute atomic E-state index is 13.1. The molecule has 0 bridgehead atoms. The maximum atomic E-state index is 13.1. The molecule has 2 unspecified atom stereocenters. The summed E-state index contributed by atoms with van der Waals surface area (Å²) in [6, 6.07) is 9.31. The molecule has 2 atom stereocenters. The third-order valence-electron chi connectivity index (χ3n) is 5.43. The van der Waals surface area contributed by atoms with Gasteiger partial charge in [-0.15, -0.1) is 0 Å². The smallest absolute Gasteiger partial charge is 0.231 e. The van der Waals surface area contributed by atoms with Gasteiger partial charge >= 0.3 is 0 Å². The molecule has 2 heterocycles. The number of pyridine rings is 2. The number of anilines is 1. The van der Waals surface area contributed by atoms with Crippen LogP contribution in [0.3, 0.4) is 0 Å². The number of amides is 1. The van der Waals surface area contributed by atoms with Gasteiger partial charge in [0.25, 0.3) is 0 Å². The Kier molecular flexibility index (Phi) is 5.34. The second-order valence-electron chi connectivity index (χ2n) is 7.56. The molecular formula is C23H20FN5O2. The molecule has 156 valence electrons. The number of aryl methyl sites for hydroxylation is 1. The molecule has 0 radical (unpaired) electrons. The molecule has 1 amide bonds. The minimum Gasteiger partial charge on any atom is -0.411 e. The number of nitriles is 1. The highest BCUT2D eigenvalue weighted by Crippen LogP contribution is 2.35. The van der Waals surface area contributed by atoms with Gasteiger partial charge < -0.3 is 10.5 Å². The van der Waals surface area contributed by atoms with E-state index in [2.05, 4.69) is 26.5 Å². The summed E-state index contributed by atoms with van der Waals surface area (Å²) in [5.74, 6) is -0.654. The van der Waals surface area contributed by atoms with Crippen LogP contribution in [-0.4, -0.2) is 33.0 Å². The molecule has 8 heteroatoms. The van der Waals surface area contributed by atoms with Gasteiger partial charge in [-0.05, 0) is 55.0 Å². The largest absolute Gasteiger partial charge is 0.411 e. The Morgan fingerprint density at radius 3 is 2.65 bits per heavy atom. The first-order valence-electron chi connectivity index (χ1n) is 9.92. The fourth-order valence-corrected chi connectivity index (χ4v) is 3.53. The second-order valence-corrected chi connectivity index (χ2v) is 7.56. The monoisotopic (exact) mass is 417 g/mol. The summed E-state index contributed by atoms with van der Waals surface area (Å²) in [4.78, 5) is 20.6. The summed E-state index contributed by atoms with van der Waals surface area (Å²) in [5.41, 5.74) is 3.90. The second kappa shape index (κ2) is 8.11. The molecule has 0 spiro atoms. The Bertz CT molecular complexity index is 1260. The molecule has 1 fully saturated rings. The van der Waals surface area contributed by atoms with Gasteiger partial charge in [-0.1, -0.05) is 12.1 Å². The van der Waals surface area contributed by atoms with Crippen LogP contribution in [0.2, 0.25) is 0 Å². The first-order chi connectivity index (χ1) is 14.9. The van der Waals surface area contributed by atoms with Crippen molar-refractivity contribution in [3.8, 4) is 17.2 Å². The van der Waals surface area contributed by atoms with Crippen molar-refractivity contribution in [2.45, 2.75) is 32.9 Å². The minimum absolute atomic E-state index is 0.247. The van der Waals surface area contributed by atoms with E-state index in [4.69, 9.17) is 5.21 Å². The zero-order chi connectivity index (χ0) is 22.1. The van der Waals surface area contributed by atoms with E-state index in [0.29, 0.717) is 34.8 Å². The predicted molar refractivity (Wildman–Crippen MR) is 115 cm³/mol. The summed E-state index contributed by atoms with van der Waals surface area (Å²) in [6.07, 6.45) is 2.99. The Balaban J connectivity index is 1.71. The molecule has 2 N–H and O–H groups in total. The van der Waals surface area contributed by atoms with Gasteiger partial charge in [0.05, 0.1) is 23.2 Å². The summed E-state index contributed by atoms with van der Waals surface area (Å²) in [5, 5.41) is 26.3. The molecule has 1 aliphatic carbocycles. The third-order valence-corrected chi connectivity index (χ3v) is 5.43. The molecule has 2 aromatic heterocycles. The van der Waals surface area contributed by atoms with Crippen LogP contribution in [0.25, 0.3) is 21.9 Å². The van der Waals surface area contributed by atoms with Gasteiger partial charge in [-0.2, -0.15) is 5.26 Å². The van der Waals surface area contributed by atoms with Crippen molar-refractivity contribution in [3.05, 3.63) is 53.5 Å². The molecule has 1 aliphatic rings. The lowest BCUT2D eigenvalue weighted by molar-refractivity contribution is -0.117. The number of nitrogens with zero attached hydrogens (tertiary/aromatic N) is 4. The molecular weight excluding hydrogens is 397 g/mol. The molecule has 4 rings (SSSR count). The van der Waals surface area contributed by atoms with Crippen LogP contribution < -0.4 is 5.32 Å². The standard InChI is InChI=1S/C23H20FN5O2/c1-3-20(29-31)21-4-12(2)18(11-26-21)16-6-15-10-27-22(7-13(15)5-14(16)9-25)28-23(30)17-8-19(17)24/h4-7,10-11,17,19,31H,3,8H2,1-2H3,(H,27,28,30)/b29-20+. The number of fused-ring (bicyclic) bond motifs is 1. The lowest BCUT2D eigenvalue weighted by Crippen LogP contribution is -2.15. The fourth-order valence-electron chi connectivity index (χ4n) is 3.53. The van der Waals surface area contributed by atoms with Gasteiger partial charge in [-0.3, -0.25) is 9.78 Å². The number of carbonyl (C=O) groups is 1. The van der Waals surface area contributed by atoms with E-state index >= 15 is 0 Å². The topological polar surface area (TPSA) is 111 Å². The SMILES string of the molecule is CC/C(=N\O)c1cc(C)c(-c2cc3cnc(NC(=O)C4CC4F)cc3cc2C#N)cn1. The molecule has 1 saturated carbocycles. The van der Waals surface area contributed by atoms with Gasteiger partial charge in [0.2, 0.25) is 5.91 Å². The fraction of sp³-hybridized carbons (Fsp3) is 0.261. The number of hydrogen-bond donors (Lipinski definition) is 2. The molecule has 3 aromatic rings. The van der Waals surface area contributed by atoms with Crippen molar-refractivity contribution in [2.75, 3.05) is 5.32 Å². The van der Waals surface area contributed by atoms with E-state index < -0.39 is 12.1 Å². The molecule has 31 heavy (non-hydrogen) atoms. The van der Waals surface area contributed by atoms with Crippen molar-refractivity contribution >= 4 is 28.2 Å². The first-order valence-corrected chi connectivity index (χ1v) is 9.92. The van der Waals surface area contributed by atoms with E-state index in [0.717, 1.165) is 21.9 Å². The predicted octanol–water partition coefficient (Wildman–Crippen LogP) is 4.36. The molecule has 1 aromatic carbocycles. The van der Waals surface area contributed by atoms with Gasteiger partial charge in [0, 0.05) is 28.9 Å². The van der Waals surface area contributed by atoms with Crippen LogP contribution in [0.4, 0.5) is 10.2 Å². The van der Waals surface area contributed by atoms with E-state index in [1.807, 2.05) is 26.0 Å². The highest BCUT2D eigenvalue weighted by atomic mass is 19.1.